The summed E-state index contributed by atoms with van der Waals surface area (Å²) in [6.45, 7) is 9.62. The Morgan fingerprint density at radius 3 is 2.11 bits per heavy atom. The molecular formula is C33H36NOP. The van der Waals surface area contributed by atoms with Gasteiger partial charge in [0.2, 0.25) is 0 Å². The van der Waals surface area contributed by atoms with Gasteiger partial charge >= 0.3 is 0 Å². The van der Waals surface area contributed by atoms with E-state index in [1.54, 1.807) is 0 Å². The molecule has 2 unspecified atom stereocenters. The van der Waals surface area contributed by atoms with E-state index in [2.05, 4.69) is 119 Å². The first-order valence-electron chi connectivity index (χ1n) is 12.6. The first kappa shape index (κ1) is 25.9. The largest absolute Gasteiger partial charge is 0.488 e. The maximum absolute atomic E-state index is 6.52. The summed E-state index contributed by atoms with van der Waals surface area (Å²) in [6, 6.07) is 34.1. The van der Waals surface area contributed by atoms with E-state index >= 15 is 0 Å². The molecule has 0 spiro atoms. The molecule has 184 valence electrons. The number of para-hydroxylation sites is 1. The highest BCUT2D eigenvalue weighted by Gasteiger charge is 2.31. The Bertz CT molecular complexity index is 1330. The van der Waals surface area contributed by atoms with Crippen LogP contribution in [0.15, 0.2) is 102 Å². The van der Waals surface area contributed by atoms with Crippen LogP contribution >= 0.6 is 8.58 Å². The van der Waals surface area contributed by atoms with E-state index in [4.69, 9.17) is 9.73 Å². The Morgan fingerprint density at radius 1 is 0.806 bits per heavy atom. The quantitative estimate of drug-likeness (QED) is 0.171. The number of ether oxygens (including phenoxy) is 1. The van der Waals surface area contributed by atoms with Crippen LogP contribution < -0.4 is 10.0 Å². The zero-order chi connectivity index (χ0) is 25.5. The van der Waals surface area contributed by atoms with Gasteiger partial charge in [-0.1, -0.05) is 119 Å². The summed E-state index contributed by atoms with van der Waals surface area (Å²) >= 11 is 0. The number of aryl methyl sites for hydroxylation is 2. The van der Waals surface area contributed by atoms with Crippen LogP contribution in [0.4, 0.5) is 0 Å². The highest BCUT2D eigenvalue weighted by atomic mass is 31.1. The number of hydrogen-bond donors (Lipinski definition) is 0. The van der Waals surface area contributed by atoms with Crippen molar-refractivity contribution in [1.29, 1.82) is 0 Å². The van der Waals surface area contributed by atoms with Crippen molar-refractivity contribution in [3.05, 3.63) is 130 Å². The molecule has 0 saturated heterocycles. The zero-order valence-corrected chi connectivity index (χ0v) is 23.0. The van der Waals surface area contributed by atoms with Gasteiger partial charge in [0, 0.05) is 28.9 Å². The minimum Gasteiger partial charge on any atom is -0.488 e. The van der Waals surface area contributed by atoms with Crippen LogP contribution in [0.3, 0.4) is 0 Å². The third-order valence-electron chi connectivity index (χ3n) is 6.94. The smallest absolute Gasteiger partial charge is 0.126 e. The van der Waals surface area contributed by atoms with Crippen LogP contribution in [0, 0.1) is 13.8 Å². The average Bonchev–Trinajstić information content (AvgIpc) is 2.91. The van der Waals surface area contributed by atoms with Crippen molar-refractivity contribution in [2.75, 3.05) is 7.05 Å². The second-order valence-corrected chi connectivity index (χ2v) is 11.3. The maximum atomic E-state index is 6.52. The van der Waals surface area contributed by atoms with Gasteiger partial charge in [-0.15, -0.1) is 0 Å². The van der Waals surface area contributed by atoms with Crippen LogP contribution in [-0.2, 0) is 11.8 Å². The molecule has 4 aromatic rings. The third kappa shape index (κ3) is 5.61. The van der Waals surface area contributed by atoms with Gasteiger partial charge in [-0.05, 0) is 42.3 Å². The summed E-state index contributed by atoms with van der Waals surface area (Å²) < 4.78 is 6.52. The molecule has 0 aliphatic heterocycles. The van der Waals surface area contributed by atoms with E-state index in [-0.39, 0.29) is 5.16 Å². The fraction of sp³-hybridized carbons (Fsp3) is 0.242. The van der Waals surface area contributed by atoms with E-state index in [1.165, 1.54) is 33.1 Å². The summed E-state index contributed by atoms with van der Waals surface area (Å²) in [5.41, 5.74) is 8.37. The second-order valence-electron chi connectivity index (χ2n) is 9.47. The molecule has 4 rings (SSSR count). The molecule has 4 aromatic carbocycles. The van der Waals surface area contributed by atoms with Crippen LogP contribution in [0.25, 0.3) is 0 Å². The lowest BCUT2D eigenvalue weighted by molar-refractivity contribution is 0.297. The molecule has 0 aliphatic rings. The van der Waals surface area contributed by atoms with E-state index in [0.29, 0.717) is 15.2 Å². The number of nitrogens with zero attached hydrogens (tertiary/aromatic N) is 1. The van der Waals surface area contributed by atoms with Gasteiger partial charge in [-0.25, -0.2) is 0 Å². The molecule has 0 aromatic heterocycles. The average molecular weight is 494 g/mol. The molecule has 0 aliphatic carbocycles. The van der Waals surface area contributed by atoms with Gasteiger partial charge in [0.05, 0.1) is 5.71 Å². The Labute approximate surface area is 218 Å². The summed E-state index contributed by atoms with van der Waals surface area (Å²) in [4.78, 5) is 4.75. The van der Waals surface area contributed by atoms with Gasteiger partial charge < -0.3 is 4.74 Å². The third-order valence-corrected chi connectivity index (χ3v) is 9.03. The SMILES string of the molecule is CCC(C)(Pc1c(C)cccc1/C(=N/C)c1ccccc1)c1cccc(C)c1OCc1ccccc1. The van der Waals surface area contributed by atoms with Crippen molar-refractivity contribution in [3.63, 3.8) is 0 Å². The lowest BCUT2D eigenvalue weighted by Crippen LogP contribution is -2.24. The molecule has 0 fully saturated rings. The normalized spacial score (nSPS) is 13.6. The van der Waals surface area contributed by atoms with Crippen molar-refractivity contribution < 1.29 is 4.74 Å². The molecular weight excluding hydrogens is 457 g/mol. The molecule has 0 N–H and O–H groups in total. The molecule has 0 amide bonds. The van der Waals surface area contributed by atoms with Crippen LogP contribution in [0.5, 0.6) is 5.75 Å². The maximum Gasteiger partial charge on any atom is 0.126 e. The van der Waals surface area contributed by atoms with Gasteiger partial charge in [0.25, 0.3) is 0 Å². The standard InChI is InChI=1S/C33H36NOP/c1-6-33(4,29-22-14-15-24(2)31(29)35-23-26-17-9-7-10-18-26)36-32-25(3)16-13-21-28(32)30(34-5)27-19-11-8-12-20-27/h7-22,36H,6,23H2,1-5H3/b34-30+. The van der Waals surface area contributed by atoms with E-state index in [1.807, 2.05) is 13.1 Å². The fourth-order valence-corrected chi connectivity index (χ4v) is 6.34. The van der Waals surface area contributed by atoms with Crippen molar-refractivity contribution in [2.24, 2.45) is 4.99 Å². The van der Waals surface area contributed by atoms with Crippen molar-refractivity contribution >= 4 is 19.6 Å². The molecule has 2 nitrogen and oxygen atoms in total. The summed E-state index contributed by atoms with van der Waals surface area (Å²) in [6.07, 6.45) is 1.01. The van der Waals surface area contributed by atoms with E-state index in [9.17, 15) is 0 Å². The molecule has 0 saturated carbocycles. The minimum atomic E-state index is -0.0750. The summed E-state index contributed by atoms with van der Waals surface area (Å²) in [5, 5.41) is 1.30. The minimum absolute atomic E-state index is 0.0750. The number of aliphatic imine (C=N–C) groups is 1. The van der Waals surface area contributed by atoms with Gasteiger partial charge in [-0.3, -0.25) is 4.99 Å². The van der Waals surface area contributed by atoms with Gasteiger partial charge in [0.1, 0.15) is 12.4 Å². The Kier molecular flexibility index (Phi) is 8.39. The topological polar surface area (TPSA) is 21.6 Å². The van der Waals surface area contributed by atoms with E-state index in [0.717, 1.165) is 23.4 Å². The molecule has 2 atom stereocenters. The summed E-state index contributed by atoms with van der Waals surface area (Å²) in [7, 11) is 2.46. The molecule has 36 heavy (non-hydrogen) atoms. The molecule has 0 bridgehead atoms. The number of rotatable bonds is 9. The highest BCUT2D eigenvalue weighted by Crippen LogP contribution is 2.49. The lowest BCUT2D eigenvalue weighted by Gasteiger charge is -2.33. The van der Waals surface area contributed by atoms with Gasteiger partial charge in [0.15, 0.2) is 0 Å². The predicted molar refractivity (Wildman–Crippen MR) is 157 cm³/mol. The highest BCUT2D eigenvalue weighted by molar-refractivity contribution is 7.49. The second kappa shape index (κ2) is 11.7. The number of hydrogen-bond acceptors (Lipinski definition) is 2. The van der Waals surface area contributed by atoms with Gasteiger partial charge in [-0.2, -0.15) is 0 Å². The Hall–Kier alpha value is -3.22. The lowest BCUT2D eigenvalue weighted by atomic mass is 9.94. The zero-order valence-electron chi connectivity index (χ0n) is 22.0. The van der Waals surface area contributed by atoms with E-state index < -0.39 is 0 Å². The molecule has 0 radical (unpaired) electrons. The molecule has 3 heteroatoms. The van der Waals surface area contributed by atoms with Crippen molar-refractivity contribution in [3.8, 4) is 5.75 Å². The monoisotopic (exact) mass is 493 g/mol. The first-order valence-corrected chi connectivity index (χ1v) is 13.6. The summed E-state index contributed by atoms with van der Waals surface area (Å²) in [5.74, 6) is 1.01. The predicted octanol–water partition coefficient (Wildman–Crippen LogP) is 7.98. The van der Waals surface area contributed by atoms with Crippen LogP contribution in [0.1, 0.15) is 53.6 Å². The van der Waals surface area contributed by atoms with Crippen LogP contribution in [-0.4, -0.2) is 12.8 Å². The molecule has 0 heterocycles. The van der Waals surface area contributed by atoms with Crippen molar-refractivity contribution in [1.82, 2.24) is 0 Å². The van der Waals surface area contributed by atoms with Crippen LogP contribution in [0.2, 0.25) is 0 Å². The fourth-order valence-electron chi connectivity index (χ4n) is 4.66. The number of benzene rings is 4. The Morgan fingerprint density at radius 2 is 1.44 bits per heavy atom. The van der Waals surface area contributed by atoms with Crippen molar-refractivity contribution in [2.45, 2.75) is 45.9 Å². The Balaban J connectivity index is 1.75. The first-order chi connectivity index (χ1) is 17.5.